The quantitative estimate of drug-likeness (QED) is 0.727. The van der Waals surface area contributed by atoms with E-state index in [0.29, 0.717) is 17.9 Å². The fourth-order valence-electron chi connectivity index (χ4n) is 2.28. The van der Waals surface area contributed by atoms with Gasteiger partial charge in [-0.2, -0.15) is 5.10 Å². The smallest absolute Gasteiger partial charge is 0.312 e. The monoisotopic (exact) mass is 232 g/mol. The molecule has 0 aromatic carbocycles. The van der Waals surface area contributed by atoms with Crippen molar-refractivity contribution >= 4 is 5.97 Å². The maximum atomic E-state index is 11.1. The number of carboxylic acids is 1. The first kappa shape index (κ1) is 10.1. The molecule has 0 fully saturated rings. The first-order valence-electron chi connectivity index (χ1n) is 5.56. The number of rotatable bonds is 2. The van der Waals surface area contributed by atoms with Crippen LogP contribution >= 0.6 is 0 Å². The summed E-state index contributed by atoms with van der Waals surface area (Å²) in [5, 5.41) is 15.7. The van der Waals surface area contributed by atoms with Crippen molar-refractivity contribution in [2.45, 2.75) is 25.2 Å². The van der Waals surface area contributed by atoms with Crippen LogP contribution in [0.3, 0.4) is 0 Å². The van der Waals surface area contributed by atoms with Gasteiger partial charge >= 0.3 is 5.97 Å². The summed E-state index contributed by atoms with van der Waals surface area (Å²) in [6.45, 7) is 0. The zero-order valence-electron chi connectivity index (χ0n) is 9.10. The molecule has 0 amide bonds. The Morgan fingerprint density at radius 1 is 1.53 bits per heavy atom. The molecule has 3 rings (SSSR count). The summed E-state index contributed by atoms with van der Waals surface area (Å²) in [7, 11) is 0. The predicted octanol–water partition coefficient (Wildman–Crippen LogP) is 1.30. The van der Waals surface area contributed by atoms with Crippen LogP contribution in [0.2, 0.25) is 0 Å². The van der Waals surface area contributed by atoms with E-state index >= 15 is 0 Å². The summed E-state index contributed by atoms with van der Waals surface area (Å²) in [4.78, 5) is 18.7. The Labute approximate surface area is 97.1 Å². The lowest BCUT2D eigenvalue weighted by atomic mass is 9.90. The number of aromatic amines is 2. The van der Waals surface area contributed by atoms with Gasteiger partial charge in [0, 0.05) is 11.9 Å². The number of hydrogen-bond acceptors (Lipinski definition) is 3. The summed E-state index contributed by atoms with van der Waals surface area (Å²) >= 11 is 0. The van der Waals surface area contributed by atoms with E-state index in [2.05, 4.69) is 20.2 Å². The van der Waals surface area contributed by atoms with Crippen LogP contribution in [0.5, 0.6) is 0 Å². The van der Waals surface area contributed by atoms with Crippen molar-refractivity contribution in [3.8, 4) is 11.4 Å². The number of aliphatic carboxylic acids is 1. The molecule has 0 aliphatic heterocycles. The summed E-state index contributed by atoms with van der Waals surface area (Å²) in [6.07, 6.45) is 5.82. The Balaban J connectivity index is 2.04. The van der Waals surface area contributed by atoms with Gasteiger partial charge in [-0.05, 0) is 19.3 Å². The number of imidazole rings is 1. The van der Waals surface area contributed by atoms with E-state index in [1.54, 1.807) is 12.4 Å². The first-order valence-corrected chi connectivity index (χ1v) is 5.56. The van der Waals surface area contributed by atoms with Crippen LogP contribution in [-0.4, -0.2) is 31.2 Å². The minimum absolute atomic E-state index is 0.476. The number of H-pyrrole nitrogens is 2. The Bertz CT molecular complexity index is 544. The Morgan fingerprint density at radius 2 is 2.41 bits per heavy atom. The van der Waals surface area contributed by atoms with E-state index in [0.717, 1.165) is 24.1 Å². The van der Waals surface area contributed by atoms with Gasteiger partial charge in [0.15, 0.2) is 0 Å². The van der Waals surface area contributed by atoms with Crippen molar-refractivity contribution < 1.29 is 9.90 Å². The van der Waals surface area contributed by atoms with Crippen molar-refractivity contribution in [1.82, 2.24) is 20.2 Å². The normalized spacial score (nSPS) is 18.9. The predicted molar refractivity (Wildman–Crippen MR) is 59.5 cm³/mol. The van der Waals surface area contributed by atoms with E-state index < -0.39 is 11.9 Å². The van der Waals surface area contributed by atoms with Gasteiger partial charge in [-0.3, -0.25) is 9.89 Å². The third-order valence-electron chi connectivity index (χ3n) is 3.13. The summed E-state index contributed by atoms with van der Waals surface area (Å²) < 4.78 is 0. The second kappa shape index (κ2) is 3.73. The maximum absolute atomic E-state index is 11.1. The average Bonchev–Trinajstić information content (AvgIpc) is 2.96. The van der Waals surface area contributed by atoms with E-state index in [4.69, 9.17) is 5.11 Å². The van der Waals surface area contributed by atoms with E-state index in [-0.39, 0.29) is 0 Å². The zero-order chi connectivity index (χ0) is 11.8. The molecule has 88 valence electrons. The summed E-state index contributed by atoms with van der Waals surface area (Å²) in [6, 6.07) is 0. The zero-order valence-corrected chi connectivity index (χ0v) is 9.10. The van der Waals surface area contributed by atoms with Gasteiger partial charge in [0.25, 0.3) is 0 Å². The van der Waals surface area contributed by atoms with Crippen molar-refractivity contribution in [2.75, 3.05) is 0 Å². The third-order valence-corrected chi connectivity index (χ3v) is 3.13. The van der Waals surface area contributed by atoms with Crippen LogP contribution in [0, 0.1) is 0 Å². The molecule has 1 aliphatic rings. The highest BCUT2D eigenvalue weighted by molar-refractivity contribution is 5.76. The molecule has 6 nitrogen and oxygen atoms in total. The minimum atomic E-state index is -0.795. The fraction of sp³-hybridized carbons (Fsp3) is 0.364. The SMILES string of the molecule is O=C(O)C1CCCc2[nH]c(-c3cn[nH]c3)nc21. The number of fused-ring (bicyclic) bond motifs is 1. The van der Waals surface area contributed by atoms with Gasteiger partial charge in [0.2, 0.25) is 0 Å². The number of aromatic nitrogens is 4. The molecule has 1 aliphatic carbocycles. The fourth-order valence-corrected chi connectivity index (χ4v) is 2.28. The van der Waals surface area contributed by atoms with E-state index in [1.165, 1.54) is 0 Å². The molecule has 2 aromatic heterocycles. The van der Waals surface area contributed by atoms with Crippen molar-refractivity contribution in [3.63, 3.8) is 0 Å². The molecule has 6 heteroatoms. The minimum Gasteiger partial charge on any atom is -0.481 e. The molecular formula is C11H12N4O2. The van der Waals surface area contributed by atoms with Gasteiger partial charge in [0.1, 0.15) is 11.7 Å². The van der Waals surface area contributed by atoms with Gasteiger partial charge < -0.3 is 10.1 Å². The van der Waals surface area contributed by atoms with Crippen LogP contribution in [0.25, 0.3) is 11.4 Å². The molecule has 0 saturated carbocycles. The summed E-state index contributed by atoms with van der Waals surface area (Å²) in [5.74, 6) is -0.580. The molecule has 0 bridgehead atoms. The maximum Gasteiger partial charge on any atom is 0.312 e. The van der Waals surface area contributed by atoms with Crippen molar-refractivity contribution in [2.24, 2.45) is 0 Å². The van der Waals surface area contributed by atoms with Crippen LogP contribution < -0.4 is 0 Å². The highest BCUT2D eigenvalue weighted by Crippen LogP contribution is 2.32. The molecule has 0 saturated heterocycles. The molecule has 0 radical (unpaired) electrons. The second-order valence-electron chi connectivity index (χ2n) is 4.22. The first-order chi connectivity index (χ1) is 8.25. The Morgan fingerprint density at radius 3 is 3.12 bits per heavy atom. The molecule has 17 heavy (non-hydrogen) atoms. The summed E-state index contributed by atoms with van der Waals surface area (Å²) in [5.41, 5.74) is 2.48. The average molecular weight is 232 g/mol. The third kappa shape index (κ3) is 1.61. The highest BCUT2D eigenvalue weighted by atomic mass is 16.4. The van der Waals surface area contributed by atoms with Gasteiger partial charge in [-0.15, -0.1) is 0 Å². The lowest BCUT2D eigenvalue weighted by Gasteiger charge is -2.16. The number of carboxylic acid groups (broad SMARTS) is 1. The van der Waals surface area contributed by atoms with Gasteiger partial charge in [-0.25, -0.2) is 4.98 Å². The topological polar surface area (TPSA) is 94.7 Å². The van der Waals surface area contributed by atoms with Crippen LogP contribution in [0.15, 0.2) is 12.4 Å². The Hall–Kier alpha value is -2.11. The van der Waals surface area contributed by atoms with Gasteiger partial charge in [0.05, 0.1) is 17.5 Å². The molecule has 3 N–H and O–H groups in total. The molecule has 2 heterocycles. The molecule has 0 spiro atoms. The molecular weight excluding hydrogens is 220 g/mol. The standard InChI is InChI=1S/C11H12N4O2/c16-11(17)7-2-1-3-8-9(7)15-10(14-8)6-4-12-13-5-6/h4-5,7H,1-3H2,(H,12,13)(H,14,15)(H,16,17). The molecule has 2 aromatic rings. The number of hydrogen-bond donors (Lipinski definition) is 3. The lowest BCUT2D eigenvalue weighted by Crippen LogP contribution is -2.17. The highest BCUT2D eigenvalue weighted by Gasteiger charge is 2.29. The molecule has 1 unspecified atom stereocenters. The van der Waals surface area contributed by atoms with Crippen molar-refractivity contribution in [1.29, 1.82) is 0 Å². The van der Waals surface area contributed by atoms with E-state index in [1.807, 2.05) is 0 Å². The Kier molecular flexibility index (Phi) is 2.21. The van der Waals surface area contributed by atoms with Crippen LogP contribution in [0.4, 0.5) is 0 Å². The number of aryl methyl sites for hydroxylation is 1. The van der Waals surface area contributed by atoms with Crippen LogP contribution in [0.1, 0.15) is 30.1 Å². The number of nitrogens with zero attached hydrogens (tertiary/aromatic N) is 2. The largest absolute Gasteiger partial charge is 0.481 e. The number of nitrogens with one attached hydrogen (secondary N) is 2. The van der Waals surface area contributed by atoms with Crippen LogP contribution in [-0.2, 0) is 11.2 Å². The van der Waals surface area contributed by atoms with Crippen molar-refractivity contribution in [3.05, 3.63) is 23.8 Å². The molecule has 1 atom stereocenters. The second-order valence-corrected chi connectivity index (χ2v) is 4.22. The number of carbonyl (C=O) groups is 1. The lowest BCUT2D eigenvalue weighted by molar-refractivity contribution is -0.139. The van der Waals surface area contributed by atoms with Gasteiger partial charge in [-0.1, -0.05) is 0 Å². The van der Waals surface area contributed by atoms with E-state index in [9.17, 15) is 4.79 Å².